The Morgan fingerprint density at radius 2 is 2.00 bits per heavy atom. The zero-order valence-electron chi connectivity index (χ0n) is 9.29. The molecule has 2 nitrogen and oxygen atoms in total. The monoisotopic (exact) mass is 194 g/mol. The van der Waals surface area contributed by atoms with Gasteiger partial charge in [0.1, 0.15) is 5.75 Å². The first kappa shape index (κ1) is 11.1. The molecule has 0 aromatic heterocycles. The van der Waals surface area contributed by atoms with Gasteiger partial charge in [0.2, 0.25) is 0 Å². The molecule has 0 aliphatic rings. The Morgan fingerprint density at radius 3 is 2.50 bits per heavy atom. The number of ether oxygens (including phenoxy) is 1. The van der Waals surface area contributed by atoms with Gasteiger partial charge in [-0.2, -0.15) is 0 Å². The number of aliphatic hydroxyl groups is 1. The van der Waals surface area contributed by atoms with Crippen molar-refractivity contribution in [1.29, 1.82) is 0 Å². The van der Waals surface area contributed by atoms with Crippen LogP contribution in [0, 0.1) is 6.92 Å². The maximum absolute atomic E-state index is 9.76. The van der Waals surface area contributed by atoms with Crippen molar-refractivity contribution in [3.63, 3.8) is 0 Å². The maximum atomic E-state index is 9.76. The third-order valence-electron chi connectivity index (χ3n) is 2.20. The molecule has 0 unspecified atom stereocenters. The highest BCUT2D eigenvalue weighted by atomic mass is 16.5. The zero-order chi connectivity index (χ0) is 10.8. The molecule has 0 spiro atoms. The molecular weight excluding hydrogens is 176 g/mol. The molecule has 0 saturated carbocycles. The first-order valence-corrected chi connectivity index (χ1v) is 4.79. The second-order valence-corrected chi connectivity index (χ2v) is 4.24. The molecule has 2 heteroatoms. The van der Waals surface area contributed by atoms with Gasteiger partial charge < -0.3 is 9.84 Å². The Kier molecular flexibility index (Phi) is 3.17. The predicted octanol–water partition coefficient (Wildman–Crippen LogP) is 2.32. The van der Waals surface area contributed by atoms with Crippen LogP contribution < -0.4 is 4.74 Å². The van der Waals surface area contributed by atoms with Gasteiger partial charge in [-0.3, -0.25) is 0 Å². The van der Waals surface area contributed by atoms with E-state index in [1.807, 2.05) is 25.1 Å². The van der Waals surface area contributed by atoms with E-state index in [0.29, 0.717) is 6.42 Å². The fourth-order valence-corrected chi connectivity index (χ4v) is 1.53. The highest BCUT2D eigenvalue weighted by molar-refractivity contribution is 5.40. The smallest absolute Gasteiger partial charge is 0.122 e. The number of benzene rings is 1. The minimum absolute atomic E-state index is 0.614. The van der Waals surface area contributed by atoms with Gasteiger partial charge in [-0.25, -0.2) is 0 Å². The molecule has 14 heavy (non-hydrogen) atoms. The third kappa shape index (κ3) is 2.74. The minimum atomic E-state index is -0.695. The van der Waals surface area contributed by atoms with Crippen molar-refractivity contribution in [2.75, 3.05) is 7.11 Å². The van der Waals surface area contributed by atoms with Crippen molar-refractivity contribution in [3.05, 3.63) is 29.3 Å². The molecule has 0 fully saturated rings. The van der Waals surface area contributed by atoms with E-state index in [2.05, 4.69) is 0 Å². The van der Waals surface area contributed by atoms with E-state index < -0.39 is 5.60 Å². The van der Waals surface area contributed by atoms with Gasteiger partial charge in [0.15, 0.2) is 0 Å². The summed E-state index contributed by atoms with van der Waals surface area (Å²) in [6, 6.07) is 5.92. The normalized spacial score (nSPS) is 11.5. The van der Waals surface area contributed by atoms with Crippen molar-refractivity contribution in [3.8, 4) is 5.75 Å². The number of aryl methyl sites for hydroxylation is 1. The van der Waals surface area contributed by atoms with Crippen LogP contribution in [0.1, 0.15) is 25.0 Å². The van der Waals surface area contributed by atoms with Crippen molar-refractivity contribution < 1.29 is 9.84 Å². The Hall–Kier alpha value is -1.02. The SMILES string of the molecule is COc1cccc(C)c1CC(C)(C)O. The lowest BCUT2D eigenvalue weighted by atomic mass is 9.94. The van der Waals surface area contributed by atoms with E-state index >= 15 is 0 Å². The van der Waals surface area contributed by atoms with Crippen LogP contribution in [0.4, 0.5) is 0 Å². The molecular formula is C12H18O2. The van der Waals surface area contributed by atoms with Crippen LogP contribution in [0.15, 0.2) is 18.2 Å². The van der Waals surface area contributed by atoms with Crippen LogP contribution in [0.5, 0.6) is 5.75 Å². The Balaban J connectivity index is 3.05. The Morgan fingerprint density at radius 1 is 1.36 bits per heavy atom. The maximum Gasteiger partial charge on any atom is 0.122 e. The topological polar surface area (TPSA) is 29.5 Å². The fourth-order valence-electron chi connectivity index (χ4n) is 1.53. The summed E-state index contributed by atoms with van der Waals surface area (Å²) in [7, 11) is 1.66. The number of methoxy groups -OCH3 is 1. The summed E-state index contributed by atoms with van der Waals surface area (Å²) < 4.78 is 5.26. The van der Waals surface area contributed by atoms with E-state index in [4.69, 9.17) is 4.74 Å². The van der Waals surface area contributed by atoms with Crippen LogP contribution in [0.3, 0.4) is 0 Å². The second kappa shape index (κ2) is 4.01. The highest BCUT2D eigenvalue weighted by Gasteiger charge is 2.17. The summed E-state index contributed by atoms with van der Waals surface area (Å²) in [4.78, 5) is 0. The number of rotatable bonds is 3. The van der Waals surface area contributed by atoms with Gasteiger partial charge in [0.05, 0.1) is 12.7 Å². The van der Waals surface area contributed by atoms with Gasteiger partial charge in [-0.1, -0.05) is 12.1 Å². The molecule has 0 saturated heterocycles. The highest BCUT2D eigenvalue weighted by Crippen LogP contribution is 2.25. The zero-order valence-corrected chi connectivity index (χ0v) is 9.29. The predicted molar refractivity (Wildman–Crippen MR) is 57.7 cm³/mol. The van der Waals surface area contributed by atoms with Crippen molar-refractivity contribution >= 4 is 0 Å². The van der Waals surface area contributed by atoms with Crippen LogP contribution in [0.2, 0.25) is 0 Å². The largest absolute Gasteiger partial charge is 0.496 e. The molecule has 1 aromatic carbocycles. The lowest BCUT2D eigenvalue weighted by molar-refractivity contribution is 0.0801. The Labute approximate surface area is 85.5 Å². The molecule has 78 valence electrons. The first-order valence-electron chi connectivity index (χ1n) is 4.79. The van der Waals surface area contributed by atoms with Gasteiger partial charge in [0.25, 0.3) is 0 Å². The average molecular weight is 194 g/mol. The lowest BCUT2D eigenvalue weighted by Crippen LogP contribution is -2.22. The van der Waals surface area contributed by atoms with Gasteiger partial charge in [-0.05, 0) is 38.0 Å². The summed E-state index contributed by atoms with van der Waals surface area (Å²) in [6.45, 7) is 5.64. The summed E-state index contributed by atoms with van der Waals surface area (Å²) in [5.41, 5.74) is 1.55. The van der Waals surface area contributed by atoms with Gasteiger partial charge in [-0.15, -0.1) is 0 Å². The van der Waals surface area contributed by atoms with Gasteiger partial charge in [0, 0.05) is 6.42 Å². The molecule has 0 radical (unpaired) electrons. The van der Waals surface area contributed by atoms with Crippen molar-refractivity contribution in [1.82, 2.24) is 0 Å². The lowest BCUT2D eigenvalue weighted by Gasteiger charge is -2.20. The summed E-state index contributed by atoms with van der Waals surface area (Å²) in [5.74, 6) is 0.854. The molecule has 0 bridgehead atoms. The first-order chi connectivity index (χ1) is 6.44. The van der Waals surface area contributed by atoms with E-state index in [0.717, 1.165) is 16.9 Å². The molecule has 0 aliphatic heterocycles. The molecule has 0 atom stereocenters. The van der Waals surface area contributed by atoms with Crippen LogP contribution >= 0.6 is 0 Å². The Bertz CT molecular complexity index is 311. The molecule has 1 rings (SSSR count). The van der Waals surface area contributed by atoms with Crippen LogP contribution in [-0.2, 0) is 6.42 Å². The standard InChI is InChI=1S/C12H18O2/c1-9-6-5-7-11(14-4)10(9)8-12(2,3)13/h5-7,13H,8H2,1-4H3. The van der Waals surface area contributed by atoms with Crippen molar-refractivity contribution in [2.24, 2.45) is 0 Å². The molecule has 0 amide bonds. The van der Waals surface area contributed by atoms with E-state index in [1.54, 1.807) is 21.0 Å². The summed E-state index contributed by atoms with van der Waals surface area (Å²) in [5, 5.41) is 9.76. The fraction of sp³-hybridized carbons (Fsp3) is 0.500. The molecule has 1 N–H and O–H groups in total. The molecule has 0 heterocycles. The number of hydrogen-bond donors (Lipinski definition) is 1. The van der Waals surface area contributed by atoms with Gasteiger partial charge >= 0.3 is 0 Å². The molecule has 1 aromatic rings. The number of hydrogen-bond acceptors (Lipinski definition) is 2. The minimum Gasteiger partial charge on any atom is -0.496 e. The van der Waals surface area contributed by atoms with Crippen molar-refractivity contribution in [2.45, 2.75) is 32.8 Å². The second-order valence-electron chi connectivity index (χ2n) is 4.24. The van der Waals surface area contributed by atoms with Crippen LogP contribution in [-0.4, -0.2) is 17.8 Å². The summed E-state index contributed by atoms with van der Waals surface area (Å²) >= 11 is 0. The third-order valence-corrected chi connectivity index (χ3v) is 2.20. The van der Waals surface area contributed by atoms with E-state index in [9.17, 15) is 5.11 Å². The quantitative estimate of drug-likeness (QED) is 0.800. The van der Waals surface area contributed by atoms with Crippen LogP contribution in [0.25, 0.3) is 0 Å². The summed E-state index contributed by atoms with van der Waals surface area (Å²) in [6.07, 6.45) is 0.614. The van der Waals surface area contributed by atoms with E-state index in [-0.39, 0.29) is 0 Å². The van der Waals surface area contributed by atoms with E-state index in [1.165, 1.54) is 0 Å². The average Bonchev–Trinajstić information content (AvgIpc) is 2.06. The molecule has 0 aliphatic carbocycles.